The number of hydrogen-bond acceptors (Lipinski definition) is 1. The summed E-state index contributed by atoms with van der Waals surface area (Å²) in [4.78, 5) is 0. The van der Waals surface area contributed by atoms with Crippen LogP contribution in [0.2, 0.25) is 0 Å². The fourth-order valence-electron chi connectivity index (χ4n) is 4.73. The molecule has 1 saturated carbocycles. The molecule has 0 heterocycles. The smallest absolute Gasteiger partial charge is 0.166 e. The maximum Gasteiger partial charge on any atom is 0.166 e. The summed E-state index contributed by atoms with van der Waals surface area (Å²) in [5.74, 6) is -2.97. The Morgan fingerprint density at radius 3 is 1.82 bits per heavy atom. The molecule has 0 aliphatic heterocycles. The molecule has 174 valence electrons. The van der Waals surface area contributed by atoms with Gasteiger partial charge in [-0.1, -0.05) is 48.5 Å². The summed E-state index contributed by atoms with van der Waals surface area (Å²) in [5, 5.41) is 0. The van der Waals surface area contributed by atoms with Crippen LogP contribution in [-0.2, 0) is 4.74 Å². The zero-order valence-corrected chi connectivity index (χ0v) is 18.9. The summed E-state index contributed by atoms with van der Waals surface area (Å²) in [5.41, 5.74) is 1.90. The van der Waals surface area contributed by atoms with Gasteiger partial charge >= 0.3 is 0 Å². The van der Waals surface area contributed by atoms with Gasteiger partial charge in [0.1, 0.15) is 0 Å². The van der Waals surface area contributed by atoms with Crippen molar-refractivity contribution < 1.29 is 22.3 Å². The highest BCUT2D eigenvalue weighted by Gasteiger charge is 2.26. The van der Waals surface area contributed by atoms with Gasteiger partial charge in [-0.05, 0) is 73.6 Å². The lowest BCUT2D eigenvalue weighted by atomic mass is 9.78. The predicted octanol–water partition coefficient (Wildman–Crippen LogP) is 8.20. The van der Waals surface area contributed by atoms with Crippen LogP contribution in [0.4, 0.5) is 17.6 Å². The van der Waals surface area contributed by atoms with Crippen molar-refractivity contribution in [1.82, 2.24) is 0 Å². The normalized spacial score (nSPS) is 18.5. The molecule has 0 radical (unpaired) electrons. The Bertz CT molecular complexity index is 1120. The van der Waals surface area contributed by atoms with Gasteiger partial charge in [0.25, 0.3) is 0 Å². The molecular weight excluding hydrogens is 428 g/mol. The van der Waals surface area contributed by atoms with Crippen LogP contribution in [0.25, 0.3) is 22.3 Å². The molecule has 1 nitrogen and oxygen atoms in total. The van der Waals surface area contributed by atoms with Crippen LogP contribution < -0.4 is 0 Å². The first-order valence-corrected chi connectivity index (χ1v) is 11.5. The summed E-state index contributed by atoms with van der Waals surface area (Å²) >= 11 is 0. The van der Waals surface area contributed by atoms with Crippen LogP contribution in [0.5, 0.6) is 0 Å². The van der Waals surface area contributed by atoms with E-state index in [0.29, 0.717) is 29.2 Å². The lowest BCUT2D eigenvalue weighted by Crippen LogP contribution is -2.18. The Balaban J connectivity index is 1.54. The van der Waals surface area contributed by atoms with E-state index >= 15 is 8.78 Å². The second-order valence-electron chi connectivity index (χ2n) is 8.84. The first-order valence-electron chi connectivity index (χ1n) is 11.5. The number of halogens is 4. The highest BCUT2D eigenvalue weighted by Crippen LogP contribution is 2.39. The van der Waals surface area contributed by atoms with Crippen LogP contribution in [0, 0.1) is 36.1 Å². The molecule has 0 bridgehead atoms. The molecule has 3 aromatic carbocycles. The lowest BCUT2D eigenvalue weighted by molar-refractivity contribution is 0.0918. The Hall–Kier alpha value is -2.66. The minimum atomic E-state index is -0.916. The molecule has 0 saturated heterocycles. The summed E-state index contributed by atoms with van der Waals surface area (Å²) in [6, 6.07) is 12.7. The molecular formula is C28H28F4O. The van der Waals surface area contributed by atoms with E-state index in [4.69, 9.17) is 4.74 Å². The van der Waals surface area contributed by atoms with Crippen molar-refractivity contribution >= 4 is 0 Å². The Labute approximate surface area is 192 Å². The van der Waals surface area contributed by atoms with Gasteiger partial charge in [-0.3, -0.25) is 0 Å². The first kappa shape index (κ1) is 23.5. The number of benzene rings is 3. The van der Waals surface area contributed by atoms with Crippen molar-refractivity contribution in [3.8, 4) is 22.3 Å². The van der Waals surface area contributed by atoms with Gasteiger partial charge in [-0.15, -0.1) is 0 Å². The van der Waals surface area contributed by atoms with E-state index in [1.807, 2.05) is 6.92 Å². The molecule has 0 N–H and O–H groups in total. The van der Waals surface area contributed by atoms with Gasteiger partial charge in [0.2, 0.25) is 0 Å². The van der Waals surface area contributed by atoms with Crippen molar-refractivity contribution in [1.29, 1.82) is 0 Å². The van der Waals surface area contributed by atoms with Crippen molar-refractivity contribution in [3.05, 3.63) is 82.9 Å². The van der Waals surface area contributed by atoms with Crippen LogP contribution in [0.1, 0.15) is 49.7 Å². The summed E-state index contributed by atoms with van der Waals surface area (Å²) < 4.78 is 63.8. The molecule has 1 aliphatic rings. The SMILES string of the molecule is CCOCC1CCC(c2ccc(-c3ccc(-c4ccc(C)c(F)c4F)cc3)c(F)c2F)CC1. The molecule has 0 unspecified atom stereocenters. The van der Waals surface area contributed by atoms with E-state index in [1.54, 1.807) is 36.4 Å². The molecule has 33 heavy (non-hydrogen) atoms. The topological polar surface area (TPSA) is 9.23 Å². The summed E-state index contributed by atoms with van der Waals surface area (Å²) in [7, 11) is 0. The van der Waals surface area contributed by atoms with Crippen LogP contribution in [0.15, 0.2) is 48.5 Å². The van der Waals surface area contributed by atoms with E-state index < -0.39 is 23.3 Å². The van der Waals surface area contributed by atoms with Crippen molar-refractivity contribution in [3.63, 3.8) is 0 Å². The van der Waals surface area contributed by atoms with Gasteiger partial charge in [-0.2, -0.15) is 0 Å². The lowest BCUT2D eigenvalue weighted by Gasteiger charge is -2.29. The van der Waals surface area contributed by atoms with Gasteiger partial charge in [-0.25, -0.2) is 17.6 Å². The second-order valence-corrected chi connectivity index (χ2v) is 8.84. The maximum absolute atomic E-state index is 15.0. The van der Waals surface area contributed by atoms with Crippen LogP contribution in [0.3, 0.4) is 0 Å². The third kappa shape index (κ3) is 4.84. The molecule has 4 rings (SSSR count). The van der Waals surface area contributed by atoms with Gasteiger partial charge < -0.3 is 4.74 Å². The maximum atomic E-state index is 15.0. The summed E-state index contributed by atoms with van der Waals surface area (Å²) in [6.07, 6.45) is 3.54. The molecule has 5 heteroatoms. The fraction of sp³-hybridized carbons (Fsp3) is 0.357. The molecule has 0 aromatic heterocycles. The third-order valence-electron chi connectivity index (χ3n) is 6.74. The predicted molar refractivity (Wildman–Crippen MR) is 123 cm³/mol. The molecule has 0 atom stereocenters. The first-order chi connectivity index (χ1) is 15.9. The molecule has 1 aliphatic carbocycles. The van der Waals surface area contributed by atoms with Gasteiger partial charge in [0, 0.05) is 24.3 Å². The van der Waals surface area contributed by atoms with E-state index in [0.717, 1.165) is 32.3 Å². The standard InChI is InChI=1S/C28H28F4O/c1-3-33-16-18-5-7-19(8-6-18)23-14-15-24(28(32)27(23)31)21-11-9-20(10-12-21)22-13-4-17(2)25(29)26(22)30/h4,9-15,18-19H,3,5-8,16H2,1-2H3. The van der Waals surface area contributed by atoms with Crippen molar-refractivity contribution in [2.45, 2.75) is 45.4 Å². The van der Waals surface area contributed by atoms with Crippen LogP contribution >= 0.6 is 0 Å². The average molecular weight is 457 g/mol. The molecule has 1 fully saturated rings. The van der Waals surface area contributed by atoms with Crippen molar-refractivity contribution in [2.75, 3.05) is 13.2 Å². The molecule has 3 aromatic rings. The highest BCUT2D eigenvalue weighted by atomic mass is 19.2. The quantitative estimate of drug-likeness (QED) is 0.340. The minimum absolute atomic E-state index is 0.00760. The zero-order chi connectivity index (χ0) is 23.5. The van der Waals surface area contributed by atoms with E-state index in [1.165, 1.54) is 19.1 Å². The minimum Gasteiger partial charge on any atom is -0.381 e. The Morgan fingerprint density at radius 1 is 0.697 bits per heavy atom. The van der Waals surface area contributed by atoms with Crippen LogP contribution in [-0.4, -0.2) is 13.2 Å². The number of ether oxygens (including phenoxy) is 1. The van der Waals surface area contributed by atoms with E-state index in [2.05, 4.69) is 0 Å². The number of hydrogen-bond donors (Lipinski definition) is 0. The summed E-state index contributed by atoms with van der Waals surface area (Å²) in [6.45, 7) is 4.89. The van der Waals surface area contributed by atoms with E-state index in [9.17, 15) is 8.78 Å². The highest BCUT2D eigenvalue weighted by molar-refractivity contribution is 5.71. The number of aryl methyl sites for hydroxylation is 1. The molecule has 0 spiro atoms. The average Bonchev–Trinajstić information content (AvgIpc) is 2.84. The van der Waals surface area contributed by atoms with E-state index in [-0.39, 0.29) is 22.6 Å². The largest absolute Gasteiger partial charge is 0.381 e. The van der Waals surface area contributed by atoms with Gasteiger partial charge in [0.15, 0.2) is 23.3 Å². The van der Waals surface area contributed by atoms with Gasteiger partial charge in [0.05, 0.1) is 0 Å². The second kappa shape index (κ2) is 10.1. The third-order valence-corrected chi connectivity index (χ3v) is 6.74. The van der Waals surface area contributed by atoms with Crippen molar-refractivity contribution in [2.24, 2.45) is 5.92 Å². The monoisotopic (exact) mass is 456 g/mol. The Kier molecular flexibility index (Phi) is 7.18. The zero-order valence-electron chi connectivity index (χ0n) is 18.9. The number of rotatable bonds is 6. The Morgan fingerprint density at radius 2 is 1.24 bits per heavy atom. The molecule has 0 amide bonds. The fourth-order valence-corrected chi connectivity index (χ4v) is 4.73.